The van der Waals surface area contributed by atoms with Crippen molar-refractivity contribution in [1.29, 1.82) is 0 Å². The molecule has 0 atom stereocenters. The van der Waals surface area contributed by atoms with Crippen LogP contribution in [-0.2, 0) is 11.3 Å². The van der Waals surface area contributed by atoms with Crippen LogP contribution >= 0.6 is 0 Å². The molecule has 0 heterocycles. The van der Waals surface area contributed by atoms with Gasteiger partial charge < -0.3 is 15.6 Å². The minimum Gasteiger partial charge on any atom is -0.545 e. The van der Waals surface area contributed by atoms with Crippen LogP contribution in [0.25, 0.3) is 0 Å². The normalized spacial score (nSPS) is 8.08. The summed E-state index contributed by atoms with van der Waals surface area (Å²) in [6.07, 6.45) is 0.722. The Bertz CT molecular complexity index is 257. The van der Waals surface area contributed by atoms with Crippen molar-refractivity contribution >= 4 is 5.97 Å². The fraction of sp³-hybridized carbons (Fsp3) is 0.100. The molecule has 0 aliphatic heterocycles. The highest BCUT2D eigenvalue weighted by Gasteiger charge is 1.82. The molecule has 0 saturated carbocycles. The highest BCUT2D eigenvalue weighted by atomic mass is 16.4. The summed E-state index contributed by atoms with van der Waals surface area (Å²) >= 11 is 0. The van der Waals surface area contributed by atoms with Crippen LogP contribution in [0.5, 0.6) is 0 Å². The molecule has 0 unspecified atom stereocenters. The van der Waals surface area contributed by atoms with Crippen LogP contribution in [-0.4, -0.2) is 5.97 Å². The maximum absolute atomic E-state index is 9.14. The lowest BCUT2D eigenvalue weighted by molar-refractivity contribution is -0.386. The van der Waals surface area contributed by atoms with Gasteiger partial charge in [-0.2, -0.15) is 0 Å². The second-order valence-corrected chi connectivity index (χ2v) is 2.26. The molecule has 3 N–H and O–H groups in total. The summed E-state index contributed by atoms with van der Waals surface area (Å²) in [4.78, 5) is 9.14. The lowest BCUT2D eigenvalue weighted by Crippen LogP contribution is -2.47. The number of carboxylic acid groups (broad SMARTS) is 1. The lowest BCUT2D eigenvalue weighted by Gasteiger charge is -1.87. The zero-order chi connectivity index (χ0) is 10.1. The van der Waals surface area contributed by atoms with Crippen LogP contribution in [0.15, 0.2) is 43.0 Å². The van der Waals surface area contributed by atoms with Crippen LogP contribution in [0.3, 0.4) is 0 Å². The molecule has 0 bridgehead atoms. The van der Waals surface area contributed by atoms with Gasteiger partial charge in [0.15, 0.2) is 0 Å². The van der Waals surface area contributed by atoms with E-state index in [0.717, 1.165) is 12.6 Å². The topological polar surface area (TPSA) is 67.8 Å². The molecule has 3 heteroatoms. The monoisotopic (exact) mass is 179 g/mol. The Labute approximate surface area is 77.5 Å². The van der Waals surface area contributed by atoms with Crippen molar-refractivity contribution in [2.24, 2.45) is 0 Å². The zero-order valence-electron chi connectivity index (χ0n) is 7.40. The number of hydrogen-bond donors (Lipinski definition) is 1. The summed E-state index contributed by atoms with van der Waals surface area (Å²) in [5.41, 5.74) is 5.05. The predicted molar refractivity (Wildman–Crippen MR) is 48.2 cm³/mol. The molecule has 1 aromatic carbocycles. The van der Waals surface area contributed by atoms with E-state index in [0.29, 0.717) is 0 Å². The summed E-state index contributed by atoms with van der Waals surface area (Å²) < 4.78 is 0. The molecule has 0 saturated heterocycles. The summed E-state index contributed by atoms with van der Waals surface area (Å²) in [6.45, 7) is 3.79. The van der Waals surface area contributed by atoms with E-state index in [1.165, 1.54) is 5.56 Å². The van der Waals surface area contributed by atoms with Gasteiger partial charge in [-0.1, -0.05) is 36.9 Å². The first-order valence-corrected chi connectivity index (χ1v) is 3.87. The number of carbonyl (C=O) groups excluding carboxylic acids is 1. The maximum atomic E-state index is 9.14. The first-order valence-electron chi connectivity index (χ1n) is 3.87. The molecule has 0 aromatic heterocycles. The molecule has 13 heavy (non-hydrogen) atoms. The van der Waals surface area contributed by atoms with E-state index in [-0.39, 0.29) is 0 Å². The predicted octanol–water partition coefficient (Wildman–Crippen LogP) is -0.649. The van der Waals surface area contributed by atoms with Crippen molar-refractivity contribution in [3.63, 3.8) is 0 Å². The Morgan fingerprint density at radius 3 is 2.15 bits per heavy atom. The number of quaternary nitrogens is 1. The van der Waals surface area contributed by atoms with E-state index in [4.69, 9.17) is 9.90 Å². The number of carboxylic acids is 1. The molecule has 0 fully saturated rings. The van der Waals surface area contributed by atoms with E-state index in [2.05, 4.69) is 24.4 Å². The van der Waals surface area contributed by atoms with Gasteiger partial charge in [-0.05, 0) is 6.08 Å². The van der Waals surface area contributed by atoms with Crippen molar-refractivity contribution in [1.82, 2.24) is 0 Å². The van der Waals surface area contributed by atoms with Gasteiger partial charge in [0.25, 0.3) is 0 Å². The van der Waals surface area contributed by atoms with Crippen molar-refractivity contribution in [2.45, 2.75) is 6.54 Å². The summed E-state index contributed by atoms with van der Waals surface area (Å²) in [5, 5.41) is 9.14. The highest BCUT2D eigenvalue weighted by Crippen LogP contribution is 1.93. The smallest absolute Gasteiger partial charge is 0.0997 e. The number of carbonyl (C=O) groups is 1. The SMILES string of the molecule is C=CC(=O)[O-].[NH3+]Cc1ccccc1. The first-order chi connectivity index (χ1) is 6.20. The minimum absolute atomic E-state index is 0.722. The van der Waals surface area contributed by atoms with Crippen LogP contribution in [0.2, 0.25) is 0 Å². The Morgan fingerprint density at radius 1 is 1.46 bits per heavy atom. The van der Waals surface area contributed by atoms with Crippen LogP contribution in [0, 0.1) is 0 Å². The average molecular weight is 179 g/mol. The summed E-state index contributed by atoms with van der Waals surface area (Å²) in [7, 11) is 0. The largest absolute Gasteiger partial charge is 0.545 e. The van der Waals surface area contributed by atoms with Crippen LogP contribution in [0.1, 0.15) is 5.56 Å². The number of aliphatic carboxylic acids is 1. The summed E-state index contributed by atoms with van der Waals surface area (Å²) in [5.74, 6) is -1.23. The van der Waals surface area contributed by atoms with Crippen molar-refractivity contribution in [3.8, 4) is 0 Å². The van der Waals surface area contributed by atoms with Crippen molar-refractivity contribution in [3.05, 3.63) is 48.6 Å². The molecule has 0 radical (unpaired) electrons. The average Bonchev–Trinajstić information content (AvgIpc) is 2.20. The van der Waals surface area contributed by atoms with Gasteiger partial charge >= 0.3 is 0 Å². The minimum atomic E-state index is -1.23. The molecule has 0 aliphatic rings. The standard InChI is InChI=1S/C7H9N.C3H4O2/c8-6-7-4-2-1-3-5-7;1-2-3(4)5/h1-5H,6,8H2;2H,1H2,(H,4,5). The maximum Gasteiger partial charge on any atom is 0.0997 e. The fourth-order valence-corrected chi connectivity index (χ4v) is 0.645. The zero-order valence-corrected chi connectivity index (χ0v) is 7.40. The van der Waals surface area contributed by atoms with Crippen LogP contribution in [0.4, 0.5) is 0 Å². The van der Waals surface area contributed by atoms with E-state index < -0.39 is 5.97 Å². The molecular weight excluding hydrogens is 166 g/mol. The van der Waals surface area contributed by atoms with Gasteiger partial charge in [-0.15, -0.1) is 0 Å². The van der Waals surface area contributed by atoms with Gasteiger partial charge in [-0.3, -0.25) is 0 Å². The van der Waals surface area contributed by atoms with Crippen LogP contribution < -0.4 is 10.8 Å². The Morgan fingerprint density at radius 2 is 1.92 bits per heavy atom. The highest BCUT2D eigenvalue weighted by molar-refractivity contribution is 5.76. The van der Waals surface area contributed by atoms with Gasteiger partial charge in [0.2, 0.25) is 0 Å². The molecule has 70 valence electrons. The van der Waals surface area contributed by atoms with Crippen molar-refractivity contribution in [2.75, 3.05) is 0 Å². The van der Waals surface area contributed by atoms with Gasteiger partial charge in [0, 0.05) is 5.56 Å². The molecular formula is C10H13NO2. The number of benzene rings is 1. The molecule has 1 aromatic rings. The molecule has 0 spiro atoms. The third-order valence-corrected chi connectivity index (χ3v) is 1.30. The third-order valence-electron chi connectivity index (χ3n) is 1.30. The van der Waals surface area contributed by atoms with E-state index in [1.54, 1.807) is 0 Å². The second kappa shape index (κ2) is 7.06. The van der Waals surface area contributed by atoms with Gasteiger partial charge in [0.05, 0.1) is 12.5 Å². The molecule has 3 nitrogen and oxygen atoms in total. The van der Waals surface area contributed by atoms with E-state index >= 15 is 0 Å². The molecule has 0 amide bonds. The third kappa shape index (κ3) is 6.77. The Kier molecular flexibility index (Phi) is 6.19. The van der Waals surface area contributed by atoms with E-state index in [1.807, 2.05) is 18.2 Å². The molecule has 1 rings (SSSR count). The number of hydrogen-bond acceptors (Lipinski definition) is 2. The summed E-state index contributed by atoms with van der Waals surface area (Å²) in [6, 6.07) is 10.2. The van der Waals surface area contributed by atoms with Gasteiger partial charge in [-0.25, -0.2) is 0 Å². The Hall–Kier alpha value is -1.61. The number of rotatable bonds is 2. The lowest BCUT2D eigenvalue weighted by atomic mass is 10.2. The molecule has 0 aliphatic carbocycles. The first kappa shape index (κ1) is 11.4. The Balaban J connectivity index is 0.000000252. The second-order valence-electron chi connectivity index (χ2n) is 2.26. The van der Waals surface area contributed by atoms with Gasteiger partial charge in [0.1, 0.15) is 0 Å². The fourth-order valence-electron chi connectivity index (χ4n) is 0.645. The van der Waals surface area contributed by atoms with Crippen molar-refractivity contribution < 1.29 is 15.6 Å². The van der Waals surface area contributed by atoms with E-state index in [9.17, 15) is 0 Å². The quantitative estimate of drug-likeness (QED) is 0.613.